The van der Waals surface area contributed by atoms with Gasteiger partial charge in [-0.15, -0.1) is 0 Å². The number of alkyl halides is 1. The molecule has 1 N–H and O–H groups in total. The van der Waals surface area contributed by atoms with Crippen molar-refractivity contribution in [2.24, 2.45) is 0 Å². The molecule has 0 aliphatic heterocycles. The lowest BCUT2D eigenvalue weighted by Crippen LogP contribution is -2.24. The predicted molar refractivity (Wildman–Crippen MR) is 81.7 cm³/mol. The summed E-state index contributed by atoms with van der Waals surface area (Å²) in [5.41, 5.74) is 4.22. The van der Waals surface area contributed by atoms with Crippen molar-refractivity contribution in [1.29, 1.82) is 0 Å². The van der Waals surface area contributed by atoms with Crippen molar-refractivity contribution in [2.75, 3.05) is 0 Å². The summed E-state index contributed by atoms with van der Waals surface area (Å²) in [6, 6.07) is 9.85. The van der Waals surface area contributed by atoms with Crippen LogP contribution in [-0.2, 0) is 11.9 Å². The molecule has 1 aromatic heterocycles. The summed E-state index contributed by atoms with van der Waals surface area (Å²) < 4.78 is 0. The molecule has 1 heterocycles. The number of nitrogens with zero attached hydrogens (tertiary/aromatic N) is 2. The summed E-state index contributed by atoms with van der Waals surface area (Å²) in [4.78, 5) is 12.2. The number of nitrogens with one attached hydrogen (secondary N) is 1. The van der Waals surface area contributed by atoms with Crippen molar-refractivity contribution in [2.45, 2.75) is 25.7 Å². The molecule has 2 aromatic rings. The van der Waals surface area contributed by atoms with Gasteiger partial charge < -0.3 is 5.32 Å². The van der Waals surface area contributed by atoms with Crippen LogP contribution >= 0.6 is 15.9 Å². The molecule has 0 unspecified atom stereocenters. The molecule has 0 aliphatic rings. The molecule has 104 valence electrons. The van der Waals surface area contributed by atoms with E-state index in [1.807, 2.05) is 25.1 Å². The molecule has 1 aromatic carbocycles. The summed E-state index contributed by atoms with van der Waals surface area (Å²) in [6.45, 7) is 4.11. The van der Waals surface area contributed by atoms with E-state index in [-0.39, 0.29) is 5.91 Å². The fraction of sp³-hybridized carbons (Fsp3) is 0.267. The maximum absolute atomic E-state index is 12.2. The highest BCUT2D eigenvalue weighted by Gasteiger charge is 2.10. The Morgan fingerprint density at radius 2 is 1.95 bits per heavy atom. The Bertz CT molecular complexity index is 628. The van der Waals surface area contributed by atoms with Gasteiger partial charge in [0, 0.05) is 11.9 Å². The summed E-state index contributed by atoms with van der Waals surface area (Å²) in [7, 11) is 0. The zero-order valence-corrected chi connectivity index (χ0v) is 13.1. The quantitative estimate of drug-likeness (QED) is 0.875. The average molecular weight is 334 g/mol. The maximum Gasteiger partial charge on any atom is 0.253 e. The van der Waals surface area contributed by atoms with Crippen LogP contribution in [0, 0.1) is 13.8 Å². The lowest BCUT2D eigenvalue weighted by molar-refractivity contribution is 0.0949. The van der Waals surface area contributed by atoms with E-state index in [0.717, 1.165) is 16.6 Å². The topological polar surface area (TPSA) is 54.9 Å². The average Bonchev–Trinajstić information content (AvgIpc) is 2.47. The molecule has 0 aliphatic carbocycles. The van der Waals surface area contributed by atoms with Gasteiger partial charge in [-0.1, -0.05) is 40.2 Å². The molecule has 4 nitrogen and oxygen atoms in total. The largest absolute Gasteiger partial charge is 0.348 e. The Labute approximate surface area is 126 Å². The number of rotatable bonds is 4. The minimum Gasteiger partial charge on any atom is -0.348 e. The van der Waals surface area contributed by atoms with E-state index in [9.17, 15) is 4.79 Å². The number of hydrogen-bond acceptors (Lipinski definition) is 3. The van der Waals surface area contributed by atoms with E-state index < -0.39 is 0 Å². The first kappa shape index (κ1) is 14.7. The normalized spacial score (nSPS) is 10.3. The summed E-state index contributed by atoms with van der Waals surface area (Å²) in [5.74, 6) is -0.121. The molecular weight excluding hydrogens is 318 g/mol. The molecule has 2 rings (SSSR count). The van der Waals surface area contributed by atoms with Crippen molar-refractivity contribution >= 4 is 21.8 Å². The van der Waals surface area contributed by atoms with E-state index in [2.05, 4.69) is 37.5 Å². The zero-order valence-electron chi connectivity index (χ0n) is 11.5. The van der Waals surface area contributed by atoms with Crippen LogP contribution in [0.25, 0.3) is 0 Å². The van der Waals surface area contributed by atoms with Crippen LogP contribution in [0.1, 0.15) is 32.9 Å². The Morgan fingerprint density at radius 1 is 1.20 bits per heavy atom. The number of amides is 1. The second-order valence-corrected chi connectivity index (χ2v) is 5.18. The minimum absolute atomic E-state index is 0.121. The molecule has 20 heavy (non-hydrogen) atoms. The number of aryl methyl sites for hydroxylation is 2. The first-order chi connectivity index (χ1) is 9.60. The third-order valence-corrected chi connectivity index (χ3v) is 3.59. The Kier molecular flexibility index (Phi) is 4.84. The maximum atomic E-state index is 12.2. The lowest BCUT2D eigenvalue weighted by atomic mass is 10.1. The second kappa shape index (κ2) is 6.61. The van der Waals surface area contributed by atoms with Gasteiger partial charge in [0.1, 0.15) is 0 Å². The van der Waals surface area contributed by atoms with Gasteiger partial charge in [0.2, 0.25) is 0 Å². The van der Waals surface area contributed by atoms with Crippen molar-refractivity contribution in [3.05, 3.63) is 58.4 Å². The van der Waals surface area contributed by atoms with Gasteiger partial charge in [0.05, 0.1) is 17.0 Å². The highest BCUT2D eigenvalue weighted by atomic mass is 79.9. The predicted octanol–water partition coefficient (Wildman–Crippen LogP) is 2.92. The van der Waals surface area contributed by atoms with Crippen molar-refractivity contribution in [1.82, 2.24) is 15.5 Å². The number of hydrogen-bond donors (Lipinski definition) is 1. The van der Waals surface area contributed by atoms with Crippen molar-refractivity contribution < 1.29 is 4.79 Å². The van der Waals surface area contributed by atoms with Gasteiger partial charge in [0.15, 0.2) is 0 Å². The van der Waals surface area contributed by atoms with E-state index >= 15 is 0 Å². The third kappa shape index (κ3) is 3.63. The molecule has 0 spiro atoms. The molecule has 0 saturated heterocycles. The van der Waals surface area contributed by atoms with E-state index in [0.29, 0.717) is 17.8 Å². The van der Waals surface area contributed by atoms with Crippen LogP contribution < -0.4 is 5.32 Å². The number of benzene rings is 1. The zero-order chi connectivity index (χ0) is 14.5. The molecule has 5 heteroatoms. The van der Waals surface area contributed by atoms with Gasteiger partial charge >= 0.3 is 0 Å². The molecular formula is C15H16BrN3O. The standard InChI is InChI=1S/C15H16BrN3O/c1-10-6-14(11(2)19-18-10)15(20)17-9-13-5-3-4-12(7-13)8-16/h3-7H,8-9H2,1-2H3,(H,17,20). The first-order valence-electron chi connectivity index (χ1n) is 6.33. The van der Waals surface area contributed by atoms with Crippen LogP contribution in [-0.4, -0.2) is 16.1 Å². The van der Waals surface area contributed by atoms with Gasteiger partial charge in [-0.05, 0) is 31.0 Å². The molecule has 0 atom stereocenters. The van der Waals surface area contributed by atoms with Crippen molar-refractivity contribution in [3.63, 3.8) is 0 Å². The van der Waals surface area contributed by atoms with Gasteiger partial charge in [-0.25, -0.2) is 0 Å². The minimum atomic E-state index is -0.121. The third-order valence-electron chi connectivity index (χ3n) is 2.94. The van der Waals surface area contributed by atoms with Gasteiger partial charge in [-0.3, -0.25) is 4.79 Å². The second-order valence-electron chi connectivity index (χ2n) is 4.62. The molecule has 1 amide bonds. The summed E-state index contributed by atoms with van der Waals surface area (Å²) >= 11 is 3.42. The number of carbonyl (C=O) groups is 1. The molecule has 0 fully saturated rings. The first-order valence-corrected chi connectivity index (χ1v) is 7.45. The fourth-order valence-electron chi connectivity index (χ4n) is 1.88. The van der Waals surface area contributed by atoms with Crippen LogP contribution in [0.2, 0.25) is 0 Å². The highest BCUT2D eigenvalue weighted by Crippen LogP contribution is 2.10. The Morgan fingerprint density at radius 3 is 2.70 bits per heavy atom. The van der Waals surface area contributed by atoms with Crippen LogP contribution in [0.15, 0.2) is 30.3 Å². The smallest absolute Gasteiger partial charge is 0.253 e. The van der Waals surface area contributed by atoms with Gasteiger partial charge in [0.25, 0.3) is 5.91 Å². The van der Waals surface area contributed by atoms with E-state index in [1.54, 1.807) is 13.0 Å². The number of carbonyl (C=O) groups excluding carboxylic acids is 1. The monoisotopic (exact) mass is 333 g/mol. The van der Waals surface area contributed by atoms with E-state index in [4.69, 9.17) is 0 Å². The van der Waals surface area contributed by atoms with Crippen LogP contribution in [0.3, 0.4) is 0 Å². The van der Waals surface area contributed by atoms with Gasteiger partial charge in [-0.2, -0.15) is 10.2 Å². The summed E-state index contributed by atoms with van der Waals surface area (Å²) in [6.07, 6.45) is 0. The molecule has 0 bridgehead atoms. The summed E-state index contributed by atoms with van der Waals surface area (Å²) in [5, 5.41) is 11.6. The lowest BCUT2D eigenvalue weighted by Gasteiger charge is -2.08. The number of halogens is 1. The van der Waals surface area contributed by atoms with Crippen LogP contribution in [0.4, 0.5) is 0 Å². The Hall–Kier alpha value is -1.75. The van der Waals surface area contributed by atoms with Crippen LogP contribution in [0.5, 0.6) is 0 Å². The molecule has 0 saturated carbocycles. The molecule has 0 radical (unpaired) electrons. The highest BCUT2D eigenvalue weighted by molar-refractivity contribution is 9.08. The SMILES string of the molecule is Cc1cc(C(=O)NCc2cccc(CBr)c2)c(C)nn1. The van der Waals surface area contributed by atoms with Crippen molar-refractivity contribution in [3.8, 4) is 0 Å². The Balaban J connectivity index is 2.06. The van der Waals surface area contributed by atoms with E-state index in [1.165, 1.54) is 5.56 Å². The fourth-order valence-corrected chi connectivity index (χ4v) is 2.23. The number of aromatic nitrogens is 2.